The van der Waals surface area contributed by atoms with Crippen LogP contribution in [0.25, 0.3) is 0 Å². The van der Waals surface area contributed by atoms with Crippen molar-refractivity contribution in [2.75, 3.05) is 20.2 Å². The van der Waals surface area contributed by atoms with Crippen molar-refractivity contribution in [3.8, 4) is 0 Å². The van der Waals surface area contributed by atoms with E-state index >= 15 is 0 Å². The van der Waals surface area contributed by atoms with Crippen molar-refractivity contribution < 1.29 is 4.74 Å². The molecule has 3 heteroatoms. The van der Waals surface area contributed by atoms with E-state index in [9.17, 15) is 0 Å². The van der Waals surface area contributed by atoms with Crippen LogP contribution in [0.5, 0.6) is 0 Å². The van der Waals surface area contributed by atoms with Gasteiger partial charge in [0.1, 0.15) is 5.60 Å². The molecule has 2 aromatic carbocycles. The van der Waals surface area contributed by atoms with Crippen LogP contribution in [-0.4, -0.2) is 20.2 Å². The molecular formula is C19H22ClNO. The summed E-state index contributed by atoms with van der Waals surface area (Å²) in [6, 6.07) is 20.7. The first-order valence-corrected chi connectivity index (χ1v) is 7.89. The van der Waals surface area contributed by atoms with Crippen molar-refractivity contribution in [2.24, 2.45) is 0 Å². The summed E-state index contributed by atoms with van der Waals surface area (Å²) in [5.74, 6) is 0. The molecule has 0 aliphatic carbocycles. The molecule has 116 valence electrons. The molecule has 0 fully saturated rings. The van der Waals surface area contributed by atoms with Gasteiger partial charge in [0.25, 0.3) is 0 Å². The van der Waals surface area contributed by atoms with E-state index in [2.05, 4.69) is 53.8 Å². The lowest BCUT2D eigenvalue weighted by Crippen LogP contribution is -2.34. The lowest BCUT2D eigenvalue weighted by molar-refractivity contribution is 0.0149. The number of rotatable bonds is 8. The molecule has 0 aliphatic rings. The van der Waals surface area contributed by atoms with Crippen LogP contribution in [0.1, 0.15) is 17.5 Å². The summed E-state index contributed by atoms with van der Waals surface area (Å²) in [4.78, 5) is 0. The van der Waals surface area contributed by atoms with Crippen LogP contribution >= 0.6 is 11.6 Å². The molecule has 2 rings (SSSR count). The molecule has 0 aromatic heterocycles. The Morgan fingerprint density at radius 3 is 2.00 bits per heavy atom. The summed E-state index contributed by atoms with van der Waals surface area (Å²) in [6.07, 6.45) is 2.73. The van der Waals surface area contributed by atoms with E-state index < -0.39 is 5.60 Å². The molecule has 0 heterocycles. The minimum Gasteiger partial charge on any atom is -0.369 e. The molecule has 0 unspecified atom stereocenters. The fraction of sp³-hybridized carbons (Fsp3) is 0.263. The van der Waals surface area contributed by atoms with Gasteiger partial charge in [-0.05, 0) is 24.1 Å². The maximum absolute atomic E-state index is 6.03. The Hall–Kier alpha value is -1.61. The molecular weight excluding hydrogens is 294 g/mol. The minimum absolute atomic E-state index is 0.444. The monoisotopic (exact) mass is 315 g/mol. The van der Waals surface area contributed by atoms with Gasteiger partial charge in [0.2, 0.25) is 0 Å². The zero-order valence-corrected chi connectivity index (χ0v) is 13.6. The fourth-order valence-corrected chi connectivity index (χ4v) is 2.79. The molecule has 0 atom stereocenters. The van der Waals surface area contributed by atoms with E-state index in [0.29, 0.717) is 0 Å². The number of methoxy groups -OCH3 is 1. The van der Waals surface area contributed by atoms with Gasteiger partial charge in [-0.2, -0.15) is 0 Å². The van der Waals surface area contributed by atoms with Crippen LogP contribution in [-0.2, 0) is 10.3 Å². The molecule has 0 amide bonds. The number of hydrogen-bond donors (Lipinski definition) is 1. The van der Waals surface area contributed by atoms with Gasteiger partial charge in [-0.3, -0.25) is 0 Å². The topological polar surface area (TPSA) is 21.3 Å². The van der Waals surface area contributed by atoms with E-state index in [4.69, 9.17) is 16.3 Å². The number of benzene rings is 2. The van der Waals surface area contributed by atoms with Gasteiger partial charge in [-0.1, -0.05) is 78.3 Å². The van der Waals surface area contributed by atoms with Crippen molar-refractivity contribution in [1.29, 1.82) is 0 Å². The quantitative estimate of drug-likeness (QED) is 0.733. The normalized spacial score (nSPS) is 11.9. The first-order chi connectivity index (χ1) is 10.8. The molecule has 0 radical (unpaired) electrons. The maximum atomic E-state index is 6.03. The van der Waals surface area contributed by atoms with Gasteiger partial charge in [-0.25, -0.2) is 0 Å². The Balaban J connectivity index is 2.27. The van der Waals surface area contributed by atoms with Crippen molar-refractivity contribution in [3.05, 3.63) is 83.4 Å². The van der Waals surface area contributed by atoms with Gasteiger partial charge in [0, 0.05) is 19.2 Å². The molecule has 0 bridgehead atoms. The Morgan fingerprint density at radius 2 is 1.55 bits per heavy atom. The summed E-state index contributed by atoms with van der Waals surface area (Å²) in [5.41, 5.74) is 3.42. The van der Waals surface area contributed by atoms with Crippen molar-refractivity contribution in [2.45, 2.75) is 12.0 Å². The summed E-state index contributed by atoms with van der Waals surface area (Å²) in [6.45, 7) is 1.59. The van der Waals surface area contributed by atoms with E-state index in [1.807, 2.05) is 18.2 Å². The van der Waals surface area contributed by atoms with Gasteiger partial charge in [0.15, 0.2) is 0 Å². The third-order valence-electron chi connectivity index (χ3n) is 3.83. The van der Waals surface area contributed by atoms with Crippen LogP contribution < -0.4 is 5.32 Å². The summed E-state index contributed by atoms with van der Waals surface area (Å²) < 4.78 is 6.03. The Kier molecular flexibility index (Phi) is 6.66. The summed E-state index contributed by atoms with van der Waals surface area (Å²) >= 11 is 5.54. The molecule has 0 spiro atoms. The Morgan fingerprint density at radius 1 is 1.00 bits per heavy atom. The van der Waals surface area contributed by atoms with E-state index in [1.165, 1.54) is 16.7 Å². The van der Waals surface area contributed by atoms with Gasteiger partial charge in [-0.15, -0.1) is 0 Å². The first kappa shape index (κ1) is 16.8. The largest absolute Gasteiger partial charge is 0.369 e. The molecule has 1 N–H and O–H groups in total. The summed E-state index contributed by atoms with van der Waals surface area (Å²) in [7, 11) is 1.78. The average Bonchev–Trinajstić information content (AvgIpc) is 2.60. The number of hydrogen-bond acceptors (Lipinski definition) is 2. The lowest BCUT2D eigenvalue weighted by atomic mass is 9.83. The molecule has 0 saturated carbocycles. The highest BCUT2D eigenvalue weighted by molar-refractivity contribution is 6.25. The van der Waals surface area contributed by atoms with Gasteiger partial charge < -0.3 is 10.1 Å². The van der Waals surface area contributed by atoms with E-state index in [1.54, 1.807) is 7.11 Å². The van der Waals surface area contributed by atoms with Crippen molar-refractivity contribution in [1.82, 2.24) is 5.32 Å². The zero-order valence-electron chi connectivity index (χ0n) is 12.8. The van der Waals surface area contributed by atoms with E-state index in [0.717, 1.165) is 19.5 Å². The predicted molar refractivity (Wildman–Crippen MR) is 93.2 cm³/mol. The molecule has 0 saturated heterocycles. The molecule has 2 aromatic rings. The number of nitrogens with one attached hydrogen (secondary N) is 1. The Bertz CT molecular complexity index is 529. The number of halogens is 1. The lowest BCUT2D eigenvalue weighted by Gasteiger charge is -2.34. The second-order valence-corrected chi connectivity index (χ2v) is 5.33. The third kappa shape index (κ3) is 3.98. The summed E-state index contributed by atoms with van der Waals surface area (Å²) in [5, 5.41) is 3.36. The highest BCUT2D eigenvalue weighted by Crippen LogP contribution is 2.36. The highest BCUT2D eigenvalue weighted by Gasteiger charge is 2.33. The Labute approximate surface area is 137 Å². The van der Waals surface area contributed by atoms with Crippen molar-refractivity contribution in [3.63, 3.8) is 0 Å². The van der Waals surface area contributed by atoms with Gasteiger partial charge in [0.05, 0.1) is 0 Å². The van der Waals surface area contributed by atoms with Crippen molar-refractivity contribution >= 4 is 11.6 Å². The predicted octanol–water partition coefficient (Wildman–Crippen LogP) is 4.31. The molecule has 2 nitrogen and oxygen atoms in total. The number of ether oxygens (including phenoxy) is 1. The van der Waals surface area contributed by atoms with Gasteiger partial charge >= 0.3 is 0 Å². The van der Waals surface area contributed by atoms with Crippen LogP contribution in [0.15, 0.2) is 72.3 Å². The molecule has 0 aliphatic heterocycles. The van der Waals surface area contributed by atoms with Crippen LogP contribution in [0.2, 0.25) is 0 Å². The highest BCUT2D eigenvalue weighted by atomic mass is 35.5. The SMILES string of the molecule is COC(CCNC/C=C/Cl)(c1ccccc1)c1ccccc1. The van der Waals surface area contributed by atoms with Crippen LogP contribution in [0.3, 0.4) is 0 Å². The van der Waals surface area contributed by atoms with E-state index in [-0.39, 0.29) is 0 Å². The minimum atomic E-state index is -0.444. The fourth-order valence-electron chi connectivity index (χ4n) is 2.70. The maximum Gasteiger partial charge on any atom is 0.119 e. The smallest absolute Gasteiger partial charge is 0.119 e. The zero-order chi connectivity index (χ0) is 15.7. The second-order valence-electron chi connectivity index (χ2n) is 5.08. The molecule has 22 heavy (non-hydrogen) atoms. The second kappa shape index (κ2) is 8.74. The third-order valence-corrected chi connectivity index (χ3v) is 4.01. The average molecular weight is 316 g/mol. The van der Waals surface area contributed by atoms with Crippen LogP contribution in [0, 0.1) is 0 Å². The van der Waals surface area contributed by atoms with Crippen LogP contribution in [0.4, 0.5) is 0 Å². The first-order valence-electron chi connectivity index (χ1n) is 7.45. The standard InChI is InChI=1S/C19H22ClNO/c1-22-19(13-16-21-15-8-14-20,17-9-4-2-5-10-17)18-11-6-3-7-12-18/h2-12,14,21H,13,15-16H2,1H3/b14-8+.